The first-order chi connectivity index (χ1) is 19.5. The molecule has 41 heavy (non-hydrogen) atoms. The van der Waals surface area contributed by atoms with Gasteiger partial charge in [-0.3, -0.25) is 13.9 Å². The number of carbonyl (C=O) groups is 2. The predicted octanol–water partition coefficient (Wildman–Crippen LogP) is 6.63. The van der Waals surface area contributed by atoms with Gasteiger partial charge in [-0.1, -0.05) is 78.0 Å². The summed E-state index contributed by atoms with van der Waals surface area (Å²) in [5.74, 6) is -0.873. The number of nitrogens with one attached hydrogen (secondary N) is 1. The molecule has 218 valence electrons. The van der Waals surface area contributed by atoms with Gasteiger partial charge in [0.1, 0.15) is 12.6 Å². The smallest absolute Gasteiger partial charge is 0.264 e. The lowest BCUT2D eigenvalue weighted by molar-refractivity contribution is -0.139. The summed E-state index contributed by atoms with van der Waals surface area (Å²) in [5.41, 5.74) is 1.64. The standard InChI is InChI=1S/C30H32Cl3N3O4S/c1-20-12-14-24(17-27(20)32)36(41(39,40)25-10-4-3-5-11-25)19-29(37)35(18-22-13-15-26(31)28(33)16-22)21(2)30(38)34-23-8-6-7-9-23/h3-5,10-17,21,23H,6-9,18-19H2,1-2H3,(H,34,38)/t21-/m1/s1. The Morgan fingerprint density at radius 2 is 1.61 bits per heavy atom. The number of aryl methyl sites for hydroxylation is 1. The van der Waals surface area contributed by atoms with E-state index >= 15 is 0 Å². The molecular weight excluding hydrogens is 605 g/mol. The fraction of sp³-hybridized carbons (Fsp3) is 0.333. The van der Waals surface area contributed by atoms with Crippen LogP contribution in [0.5, 0.6) is 0 Å². The van der Waals surface area contributed by atoms with Crippen molar-refractivity contribution in [2.75, 3.05) is 10.8 Å². The van der Waals surface area contributed by atoms with Gasteiger partial charge in [0.25, 0.3) is 10.0 Å². The number of carbonyl (C=O) groups excluding carboxylic acids is 2. The molecular formula is C30H32Cl3N3O4S. The molecule has 0 radical (unpaired) electrons. The first kappa shape index (κ1) is 31.2. The highest BCUT2D eigenvalue weighted by Crippen LogP contribution is 2.29. The summed E-state index contributed by atoms with van der Waals surface area (Å²) in [6.07, 6.45) is 3.85. The van der Waals surface area contributed by atoms with Crippen LogP contribution in [0.25, 0.3) is 0 Å². The summed E-state index contributed by atoms with van der Waals surface area (Å²) in [6.45, 7) is 2.90. The lowest BCUT2D eigenvalue weighted by Gasteiger charge is -2.32. The van der Waals surface area contributed by atoms with Gasteiger partial charge in [-0.25, -0.2) is 8.42 Å². The Morgan fingerprint density at radius 1 is 0.927 bits per heavy atom. The normalized spacial score (nSPS) is 14.5. The van der Waals surface area contributed by atoms with Crippen molar-refractivity contribution in [1.82, 2.24) is 10.2 Å². The Hall–Kier alpha value is -2.78. The zero-order chi connectivity index (χ0) is 29.7. The second-order valence-corrected chi connectivity index (χ2v) is 13.3. The van der Waals surface area contributed by atoms with Crippen molar-refractivity contribution in [2.24, 2.45) is 0 Å². The zero-order valence-corrected chi connectivity index (χ0v) is 25.9. The lowest BCUT2D eigenvalue weighted by atomic mass is 10.1. The Bertz CT molecular complexity index is 1510. The molecule has 1 saturated carbocycles. The van der Waals surface area contributed by atoms with Crippen LogP contribution in [0.15, 0.2) is 71.6 Å². The van der Waals surface area contributed by atoms with E-state index in [1.54, 1.807) is 62.4 Å². The van der Waals surface area contributed by atoms with Crippen LogP contribution < -0.4 is 9.62 Å². The summed E-state index contributed by atoms with van der Waals surface area (Å²) in [4.78, 5) is 28.7. The molecule has 4 rings (SSSR count). The van der Waals surface area contributed by atoms with Gasteiger partial charge in [-0.2, -0.15) is 0 Å². The van der Waals surface area contributed by atoms with Crippen LogP contribution >= 0.6 is 34.8 Å². The third kappa shape index (κ3) is 7.55. The van der Waals surface area contributed by atoms with Gasteiger partial charge in [0.2, 0.25) is 11.8 Å². The lowest BCUT2D eigenvalue weighted by Crippen LogP contribution is -2.52. The monoisotopic (exact) mass is 635 g/mol. The maximum atomic E-state index is 14.0. The van der Waals surface area contributed by atoms with Gasteiger partial charge in [0.05, 0.1) is 20.6 Å². The molecule has 0 aliphatic heterocycles. The van der Waals surface area contributed by atoms with Gasteiger partial charge >= 0.3 is 0 Å². The molecule has 3 aromatic carbocycles. The highest BCUT2D eigenvalue weighted by molar-refractivity contribution is 7.92. The zero-order valence-electron chi connectivity index (χ0n) is 22.8. The molecule has 1 aliphatic carbocycles. The van der Waals surface area contributed by atoms with Gasteiger partial charge in [0, 0.05) is 17.6 Å². The maximum absolute atomic E-state index is 14.0. The van der Waals surface area contributed by atoms with Crippen molar-refractivity contribution < 1.29 is 18.0 Å². The SMILES string of the molecule is Cc1ccc(N(CC(=O)N(Cc2ccc(Cl)c(Cl)c2)[C@H](C)C(=O)NC2CCCC2)S(=O)(=O)c2ccccc2)cc1Cl. The number of nitrogens with zero attached hydrogens (tertiary/aromatic N) is 2. The average molecular weight is 637 g/mol. The van der Waals surface area contributed by atoms with Crippen LogP contribution in [0.3, 0.4) is 0 Å². The molecule has 0 bridgehead atoms. The number of sulfonamides is 1. The van der Waals surface area contributed by atoms with Crippen LogP contribution in [0, 0.1) is 6.92 Å². The van der Waals surface area contributed by atoms with E-state index in [9.17, 15) is 18.0 Å². The Kier molecular flexibility index (Phi) is 10.2. The topological polar surface area (TPSA) is 86.8 Å². The molecule has 1 atom stereocenters. The summed E-state index contributed by atoms with van der Waals surface area (Å²) in [5, 5.41) is 4.07. The van der Waals surface area contributed by atoms with Crippen molar-refractivity contribution in [2.45, 2.75) is 63.1 Å². The molecule has 1 aliphatic rings. The van der Waals surface area contributed by atoms with Crippen LogP contribution in [-0.4, -0.2) is 43.8 Å². The Morgan fingerprint density at radius 3 is 2.24 bits per heavy atom. The molecule has 1 N–H and O–H groups in total. The number of halogens is 3. The van der Waals surface area contributed by atoms with Crippen LogP contribution in [-0.2, 0) is 26.2 Å². The third-order valence-electron chi connectivity index (χ3n) is 7.26. The van der Waals surface area contributed by atoms with E-state index < -0.39 is 28.5 Å². The number of hydrogen-bond donors (Lipinski definition) is 1. The molecule has 3 aromatic rings. The summed E-state index contributed by atoms with van der Waals surface area (Å²) in [6, 6.07) is 16.8. The Balaban J connectivity index is 1.70. The average Bonchev–Trinajstić information content (AvgIpc) is 3.46. The maximum Gasteiger partial charge on any atom is 0.264 e. The highest BCUT2D eigenvalue weighted by atomic mass is 35.5. The fourth-order valence-electron chi connectivity index (χ4n) is 4.79. The minimum atomic E-state index is -4.17. The number of benzene rings is 3. The highest BCUT2D eigenvalue weighted by Gasteiger charge is 2.33. The molecule has 0 saturated heterocycles. The molecule has 0 aromatic heterocycles. The molecule has 0 unspecified atom stereocenters. The number of rotatable bonds is 10. The Labute approximate surface area is 256 Å². The largest absolute Gasteiger partial charge is 0.352 e. The van der Waals surface area contributed by atoms with E-state index in [4.69, 9.17) is 34.8 Å². The van der Waals surface area contributed by atoms with E-state index in [1.807, 2.05) is 0 Å². The molecule has 1 fully saturated rings. The van der Waals surface area contributed by atoms with Gasteiger partial charge in [-0.05, 0) is 74.2 Å². The quantitative estimate of drug-likeness (QED) is 0.271. The van der Waals surface area contributed by atoms with Crippen molar-refractivity contribution in [3.8, 4) is 0 Å². The van der Waals surface area contributed by atoms with Gasteiger partial charge in [-0.15, -0.1) is 0 Å². The van der Waals surface area contributed by atoms with E-state index in [0.29, 0.717) is 20.6 Å². The summed E-state index contributed by atoms with van der Waals surface area (Å²) >= 11 is 18.7. The van der Waals surface area contributed by atoms with Gasteiger partial charge < -0.3 is 10.2 Å². The van der Waals surface area contributed by atoms with E-state index in [2.05, 4.69) is 5.32 Å². The predicted molar refractivity (Wildman–Crippen MR) is 164 cm³/mol. The number of hydrogen-bond acceptors (Lipinski definition) is 4. The number of amides is 2. The molecule has 0 spiro atoms. The van der Waals surface area contributed by atoms with Crippen LogP contribution in [0.4, 0.5) is 5.69 Å². The third-order valence-corrected chi connectivity index (χ3v) is 10.2. The van der Waals surface area contributed by atoms with Crippen molar-refractivity contribution in [3.63, 3.8) is 0 Å². The van der Waals surface area contributed by atoms with E-state index in [-0.39, 0.29) is 29.1 Å². The van der Waals surface area contributed by atoms with Gasteiger partial charge in [0.15, 0.2) is 0 Å². The first-order valence-electron chi connectivity index (χ1n) is 13.3. The molecule has 7 nitrogen and oxygen atoms in total. The summed E-state index contributed by atoms with van der Waals surface area (Å²) < 4.78 is 28.8. The minimum absolute atomic E-state index is 0.0167. The molecule has 2 amide bonds. The minimum Gasteiger partial charge on any atom is -0.352 e. The summed E-state index contributed by atoms with van der Waals surface area (Å²) in [7, 11) is -4.17. The van der Waals surface area contributed by atoms with Crippen molar-refractivity contribution in [1.29, 1.82) is 0 Å². The van der Waals surface area contributed by atoms with Crippen molar-refractivity contribution in [3.05, 3.63) is 92.9 Å². The van der Waals surface area contributed by atoms with E-state index in [0.717, 1.165) is 35.6 Å². The molecule has 11 heteroatoms. The van der Waals surface area contributed by atoms with Crippen LogP contribution in [0.2, 0.25) is 15.1 Å². The molecule has 0 heterocycles. The fourth-order valence-corrected chi connectivity index (χ4v) is 6.72. The second-order valence-electron chi connectivity index (χ2n) is 10.2. The van der Waals surface area contributed by atoms with E-state index in [1.165, 1.54) is 23.1 Å². The van der Waals surface area contributed by atoms with Crippen LogP contribution in [0.1, 0.15) is 43.7 Å². The van der Waals surface area contributed by atoms with Crippen molar-refractivity contribution >= 4 is 62.3 Å². The first-order valence-corrected chi connectivity index (χ1v) is 15.9. The number of anilines is 1. The second kappa shape index (κ2) is 13.5.